The number of benzene rings is 6. The molecular formula is C29H17O3PPb2. The van der Waals surface area contributed by atoms with Crippen molar-refractivity contribution in [2.45, 2.75) is 6.16 Å². The van der Waals surface area contributed by atoms with Gasteiger partial charge in [-0.15, -0.1) is 0 Å². The molecule has 0 fully saturated rings. The van der Waals surface area contributed by atoms with E-state index in [1.165, 1.54) is 6.25 Å². The van der Waals surface area contributed by atoms with E-state index < -0.39 is 7.60 Å². The first-order valence-corrected chi connectivity index (χ1v) is 17.0. The summed E-state index contributed by atoms with van der Waals surface area (Å²) in [7, 11) is -3.97. The predicted molar refractivity (Wildman–Crippen MR) is 147 cm³/mol. The Kier molecular flexibility index (Phi) is 5.18. The first-order valence-electron chi connectivity index (χ1n) is 11.3. The van der Waals surface area contributed by atoms with Crippen molar-refractivity contribution in [3.8, 4) is 16.9 Å². The van der Waals surface area contributed by atoms with Crippen LogP contribution in [0.1, 0.15) is 5.56 Å². The summed E-state index contributed by atoms with van der Waals surface area (Å²) in [6.07, 6.45) is 0.00482. The molecule has 6 aromatic rings. The van der Waals surface area contributed by atoms with Crippen LogP contribution in [0.4, 0.5) is 0 Å². The van der Waals surface area contributed by atoms with Gasteiger partial charge in [0.25, 0.3) is 0 Å². The van der Waals surface area contributed by atoms with Crippen molar-refractivity contribution in [3.63, 3.8) is 0 Å². The molecule has 1 atom stereocenters. The van der Waals surface area contributed by atoms with Crippen LogP contribution in [0.2, 0.25) is 0 Å². The maximum atomic E-state index is 13.7. The van der Waals surface area contributed by atoms with E-state index in [1.807, 2.05) is 24.3 Å². The van der Waals surface area contributed by atoms with Gasteiger partial charge in [-0.2, -0.15) is 0 Å². The van der Waals surface area contributed by atoms with E-state index in [4.69, 9.17) is 4.52 Å². The molecule has 0 saturated heterocycles. The summed E-state index contributed by atoms with van der Waals surface area (Å²) in [6.45, 7) is 0. The van der Waals surface area contributed by atoms with E-state index >= 15 is 0 Å². The zero-order valence-electron chi connectivity index (χ0n) is 18.5. The summed E-state index contributed by atoms with van der Waals surface area (Å²) in [5.41, 5.74) is 3.08. The standard InChI is InChI=1S/C29H17O3P.2Pb/c30-33(31)17-26-24(15-13-20-11-9-18-5-1-3-7-22(18)27(20)26)25-16-14-21-12-10-19-6-2-4-8-23(19)28(21)29(25)32-33;;/h1-14H,17H2,(H,30,31);;. The van der Waals surface area contributed by atoms with E-state index in [2.05, 4.69) is 60.7 Å². The van der Waals surface area contributed by atoms with E-state index in [0.29, 0.717) is 5.75 Å². The third-order valence-corrected chi connectivity index (χ3v) is 11.2. The van der Waals surface area contributed by atoms with Crippen LogP contribution in [0.3, 0.4) is 0 Å². The molecule has 1 N–H and O–H groups in total. The summed E-state index contributed by atoms with van der Waals surface area (Å²) < 4.78 is 22.3. The Morgan fingerprint density at radius 1 is 0.686 bits per heavy atom. The summed E-state index contributed by atoms with van der Waals surface area (Å²) in [4.78, 5) is 11.2. The quantitative estimate of drug-likeness (QED) is 0.123. The van der Waals surface area contributed by atoms with Crippen LogP contribution in [0, 0.1) is 0 Å². The fraction of sp³-hybridized carbons (Fsp3) is 0.0345. The summed E-state index contributed by atoms with van der Waals surface area (Å²) in [5, 5.41) is 8.58. The van der Waals surface area contributed by atoms with E-state index in [1.54, 1.807) is 0 Å². The molecule has 0 aromatic heterocycles. The predicted octanol–water partition coefficient (Wildman–Crippen LogP) is 5.63. The second-order valence-corrected chi connectivity index (χ2v) is 15.0. The monoisotopic (exact) mass is 860 g/mol. The molecule has 3 nitrogen and oxygen atoms in total. The molecule has 0 amide bonds. The average molecular weight is 859 g/mol. The van der Waals surface area contributed by atoms with E-state index in [9.17, 15) is 9.46 Å². The molecule has 1 aliphatic heterocycles. The van der Waals surface area contributed by atoms with Gasteiger partial charge in [0.15, 0.2) is 0 Å². The van der Waals surface area contributed by atoms with Crippen molar-refractivity contribution in [3.05, 3.63) is 90.5 Å². The molecule has 164 valence electrons. The maximum absolute atomic E-state index is 13.7. The molecule has 35 heavy (non-hydrogen) atoms. The Labute approximate surface area is 234 Å². The Bertz CT molecular complexity index is 1790. The van der Waals surface area contributed by atoms with Crippen LogP contribution >= 0.6 is 7.60 Å². The normalized spacial score (nSPS) is 17.3. The molecule has 0 aliphatic carbocycles. The second-order valence-electron chi connectivity index (χ2n) is 9.06. The average Bonchev–Trinajstić information content (AvgIpc) is 2.97. The van der Waals surface area contributed by atoms with Crippen LogP contribution < -0.4 is 10.8 Å². The third kappa shape index (κ3) is 3.45. The number of fused-ring (bicyclic) bond motifs is 11. The Morgan fingerprint density at radius 2 is 1.20 bits per heavy atom. The van der Waals surface area contributed by atoms with E-state index in [-0.39, 0.29) is 6.16 Å². The van der Waals surface area contributed by atoms with Crippen LogP contribution in [-0.4, -0.2) is 56.4 Å². The minimum absolute atomic E-state index is 0.00482. The molecule has 0 saturated carbocycles. The number of rotatable bonds is 0. The van der Waals surface area contributed by atoms with Crippen molar-refractivity contribution in [1.29, 1.82) is 0 Å². The van der Waals surface area contributed by atoms with Gasteiger partial charge in [-0.1, -0.05) is 0 Å². The topological polar surface area (TPSA) is 46.5 Å². The van der Waals surface area contributed by atoms with Gasteiger partial charge < -0.3 is 0 Å². The van der Waals surface area contributed by atoms with Gasteiger partial charge in [0.1, 0.15) is 0 Å². The molecule has 6 aromatic carbocycles. The molecule has 0 spiro atoms. The Hall–Kier alpha value is -1.81. The fourth-order valence-electron chi connectivity index (χ4n) is 5.56. The van der Waals surface area contributed by atoms with Crippen LogP contribution in [-0.2, 0) is 10.7 Å². The van der Waals surface area contributed by atoms with Crippen LogP contribution in [0.15, 0.2) is 84.9 Å². The van der Waals surface area contributed by atoms with Gasteiger partial charge in [-0.05, 0) is 0 Å². The van der Waals surface area contributed by atoms with Gasteiger partial charge in [0.2, 0.25) is 0 Å². The van der Waals surface area contributed by atoms with Gasteiger partial charge in [0.05, 0.1) is 0 Å². The summed E-state index contributed by atoms with van der Waals surface area (Å²) in [6, 6.07) is 29.5. The molecule has 1 aliphatic rings. The first kappa shape index (κ1) is 22.4. The summed E-state index contributed by atoms with van der Waals surface area (Å²) >= 11 is 1.62. The van der Waals surface area contributed by atoms with E-state index in [0.717, 1.165) is 111 Å². The molecular weight excluding hydrogens is 842 g/mol. The van der Waals surface area contributed by atoms with Crippen molar-refractivity contribution in [2.75, 3.05) is 0 Å². The Balaban J connectivity index is 1.74. The molecule has 1 heterocycles. The number of hydrogen-bond acceptors (Lipinski definition) is 2. The zero-order chi connectivity index (χ0) is 23.9. The van der Waals surface area contributed by atoms with Crippen molar-refractivity contribution < 1.29 is 14.0 Å². The van der Waals surface area contributed by atoms with Gasteiger partial charge in [-0.25, -0.2) is 0 Å². The fourth-order valence-corrected chi connectivity index (χ4v) is 10.0. The SMILES string of the molecule is O=P1(O)Cc2c([c]([Pb])cc3ccc4ccccc4c23)-c2[c]([Pb])cc3ccc4ccccc4c3c2O1. The van der Waals surface area contributed by atoms with Crippen LogP contribution in [0.5, 0.6) is 5.75 Å². The first-order chi connectivity index (χ1) is 16.9. The molecule has 6 heteroatoms. The Morgan fingerprint density at radius 3 is 1.86 bits per heavy atom. The molecule has 7 rings (SSSR count). The molecule has 0 bridgehead atoms. The van der Waals surface area contributed by atoms with Crippen molar-refractivity contribution >= 4 is 108 Å². The van der Waals surface area contributed by atoms with Gasteiger partial charge in [-0.3, -0.25) is 0 Å². The van der Waals surface area contributed by atoms with Gasteiger partial charge >= 0.3 is 236 Å². The zero-order valence-corrected chi connectivity index (χ0v) is 27.2. The van der Waals surface area contributed by atoms with Crippen molar-refractivity contribution in [2.24, 2.45) is 0 Å². The molecule has 6 radical (unpaired) electrons. The summed E-state index contributed by atoms with van der Waals surface area (Å²) in [5.74, 6) is 0.575. The van der Waals surface area contributed by atoms with Gasteiger partial charge in [0, 0.05) is 0 Å². The second kappa shape index (κ2) is 8.10. The minimum atomic E-state index is -3.97. The number of hydrogen-bond donors (Lipinski definition) is 1. The third-order valence-electron chi connectivity index (χ3n) is 6.96. The van der Waals surface area contributed by atoms with Crippen LogP contribution in [0.25, 0.3) is 54.2 Å². The molecule has 1 unspecified atom stereocenters. The van der Waals surface area contributed by atoms with Crippen molar-refractivity contribution in [1.82, 2.24) is 0 Å².